The van der Waals surface area contributed by atoms with E-state index in [9.17, 15) is 0 Å². The Bertz CT molecular complexity index is 907. The topological polar surface area (TPSA) is 55.4 Å². The molecule has 9 heteroatoms. The van der Waals surface area contributed by atoms with E-state index in [-0.39, 0.29) is 5.92 Å². The zero-order chi connectivity index (χ0) is 26.8. The average Bonchev–Trinajstić information content (AvgIpc) is 2.98. The molecule has 0 unspecified atom stereocenters. The van der Waals surface area contributed by atoms with E-state index in [2.05, 4.69) is 36.4 Å². The summed E-state index contributed by atoms with van der Waals surface area (Å²) in [5, 5.41) is 3.27. The molecule has 0 aliphatic carbocycles. The lowest BCUT2D eigenvalue weighted by atomic mass is 10.2. The lowest BCUT2D eigenvalue weighted by Crippen LogP contribution is -2.59. The molecule has 200 valence electrons. The van der Waals surface area contributed by atoms with Crippen molar-refractivity contribution in [3.05, 3.63) is 91.0 Å². The Labute approximate surface area is 225 Å². The van der Waals surface area contributed by atoms with E-state index in [1.807, 2.05) is 54.6 Å². The van der Waals surface area contributed by atoms with E-state index in [0.717, 1.165) is 15.6 Å². The molecule has 0 heterocycles. The molecular formula is C28H40O6Si3. The van der Waals surface area contributed by atoms with Gasteiger partial charge in [0, 0.05) is 42.7 Å². The standard InChI is InChI=1S/C28H40O6Si3/c1-29-35(30-2,26-16-10-7-11-17-26)22-25(23-36(31-3,32-4)27-18-12-8-13-19-27)24-37(33-5,34-6)28-20-14-9-15-21-28/h7-21,25H,22-24H2,1-6H3. The predicted molar refractivity (Wildman–Crippen MR) is 155 cm³/mol. The van der Waals surface area contributed by atoms with Crippen LogP contribution >= 0.6 is 0 Å². The summed E-state index contributed by atoms with van der Waals surface area (Å²) in [6.45, 7) is 0. The van der Waals surface area contributed by atoms with Crippen LogP contribution in [0.5, 0.6) is 0 Å². The SMILES string of the molecule is CO[Si](CC(C[Si](OC)(OC)c1ccccc1)C[Si](OC)(OC)c1ccccc1)(OC)c1ccccc1. The van der Waals surface area contributed by atoms with Crippen molar-refractivity contribution in [2.24, 2.45) is 5.92 Å². The van der Waals surface area contributed by atoms with Crippen LogP contribution in [0.3, 0.4) is 0 Å². The van der Waals surface area contributed by atoms with Gasteiger partial charge in [-0.1, -0.05) is 91.0 Å². The number of rotatable bonds is 15. The maximum absolute atomic E-state index is 6.26. The molecule has 0 amide bonds. The van der Waals surface area contributed by atoms with Gasteiger partial charge in [-0.25, -0.2) is 0 Å². The predicted octanol–water partition coefficient (Wildman–Crippen LogP) is 3.53. The quantitative estimate of drug-likeness (QED) is 0.267. The third kappa shape index (κ3) is 6.56. The molecule has 0 atom stereocenters. The van der Waals surface area contributed by atoms with E-state index in [1.165, 1.54) is 0 Å². The number of benzene rings is 3. The molecule has 0 saturated heterocycles. The summed E-state index contributed by atoms with van der Waals surface area (Å²) >= 11 is 0. The molecule has 0 aliphatic rings. The molecule has 3 aromatic carbocycles. The van der Waals surface area contributed by atoms with Crippen LogP contribution in [-0.2, 0) is 26.6 Å². The van der Waals surface area contributed by atoms with Gasteiger partial charge in [0.2, 0.25) is 0 Å². The molecular weight excluding hydrogens is 517 g/mol. The smallest absolute Gasteiger partial charge is 0.372 e. The van der Waals surface area contributed by atoms with Crippen molar-refractivity contribution >= 4 is 41.2 Å². The Hall–Kier alpha value is -1.93. The maximum atomic E-state index is 6.26. The van der Waals surface area contributed by atoms with Crippen LogP contribution < -0.4 is 15.6 Å². The van der Waals surface area contributed by atoms with Crippen molar-refractivity contribution in [1.82, 2.24) is 0 Å². The third-order valence-electron chi connectivity index (χ3n) is 7.29. The van der Waals surface area contributed by atoms with Crippen LogP contribution in [0, 0.1) is 5.92 Å². The average molecular weight is 557 g/mol. The molecule has 3 rings (SSSR count). The summed E-state index contributed by atoms with van der Waals surface area (Å²) in [6.07, 6.45) is 0. The minimum atomic E-state index is -2.81. The summed E-state index contributed by atoms with van der Waals surface area (Å²) < 4.78 is 37.6. The normalized spacial score (nSPS) is 12.7. The molecule has 0 aliphatic heterocycles. The largest absolute Gasteiger partial charge is 0.394 e. The fourth-order valence-electron chi connectivity index (χ4n) is 5.24. The van der Waals surface area contributed by atoms with Crippen molar-refractivity contribution < 1.29 is 26.6 Å². The molecule has 0 bridgehead atoms. The first-order chi connectivity index (χ1) is 18.0. The lowest BCUT2D eigenvalue weighted by molar-refractivity contribution is 0.228. The minimum absolute atomic E-state index is 0.0744. The van der Waals surface area contributed by atoms with Crippen molar-refractivity contribution in [3.63, 3.8) is 0 Å². The Morgan fingerprint density at radius 3 is 0.811 bits per heavy atom. The highest BCUT2D eigenvalue weighted by Crippen LogP contribution is 2.34. The summed E-state index contributed by atoms with van der Waals surface area (Å²) in [5.41, 5.74) is 0. The van der Waals surface area contributed by atoms with Gasteiger partial charge in [0.25, 0.3) is 0 Å². The monoisotopic (exact) mass is 556 g/mol. The molecule has 0 N–H and O–H groups in total. The Morgan fingerprint density at radius 1 is 0.405 bits per heavy atom. The number of hydrogen-bond acceptors (Lipinski definition) is 6. The van der Waals surface area contributed by atoms with Crippen molar-refractivity contribution in [2.45, 2.75) is 18.1 Å². The third-order valence-corrected chi connectivity index (χ3v) is 18.2. The first kappa shape index (κ1) is 29.6. The van der Waals surface area contributed by atoms with Crippen LogP contribution in [0.4, 0.5) is 0 Å². The lowest BCUT2D eigenvalue weighted by Gasteiger charge is -2.39. The zero-order valence-electron chi connectivity index (χ0n) is 22.8. The first-order valence-corrected chi connectivity index (χ1v) is 18.5. The van der Waals surface area contributed by atoms with Crippen LogP contribution in [0.15, 0.2) is 91.0 Å². The molecule has 0 radical (unpaired) electrons. The molecule has 0 fully saturated rings. The van der Waals surface area contributed by atoms with Crippen molar-refractivity contribution in [2.75, 3.05) is 42.7 Å². The second kappa shape index (κ2) is 13.7. The number of hydrogen-bond donors (Lipinski definition) is 0. The summed E-state index contributed by atoms with van der Waals surface area (Å²) in [6, 6.07) is 32.9. The van der Waals surface area contributed by atoms with Gasteiger partial charge in [0.05, 0.1) is 0 Å². The van der Waals surface area contributed by atoms with E-state index in [4.69, 9.17) is 26.6 Å². The van der Waals surface area contributed by atoms with Gasteiger partial charge in [0.1, 0.15) is 0 Å². The van der Waals surface area contributed by atoms with Crippen LogP contribution in [0.1, 0.15) is 0 Å². The van der Waals surface area contributed by atoms with E-state index in [1.54, 1.807) is 42.7 Å². The maximum Gasteiger partial charge on any atom is 0.372 e. The van der Waals surface area contributed by atoms with E-state index < -0.39 is 25.7 Å². The minimum Gasteiger partial charge on any atom is -0.394 e. The summed E-state index contributed by atoms with van der Waals surface area (Å²) in [4.78, 5) is 0. The van der Waals surface area contributed by atoms with Crippen molar-refractivity contribution in [3.8, 4) is 0 Å². The Balaban J connectivity index is 2.11. The molecule has 0 saturated carbocycles. The summed E-state index contributed by atoms with van der Waals surface area (Å²) in [7, 11) is 2.08. The van der Waals surface area contributed by atoms with Gasteiger partial charge in [-0.3, -0.25) is 0 Å². The van der Waals surface area contributed by atoms with Crippen LogP contribution in [0.2, 0.25) is 18.1 Å². The highest BCUT2D eigenvalue weighted by Gasteiger charge is 2.50. The second-order valence-corrected chi connectivity index (χ2v) is 19.0. The molecule has 37 heavy (non-hydrogen) atoms. The second-order valence-electron chi connectivity index (χ2n) is 9.06. The summed E-state index contributed by atoms with van der Waals surface area (Å²) in [5.74, 6) is 0.0744. The molecule has 6 nitrogen and oxygen atoms in total. The van der Waals surface area contributed by atoms with Gasteiger partial charge in [-0.15, -0.1) is 0 Å². The fourth-order valence-corrected chi connectivity index (χ4v) is 15.0. The van der Waals surface area contributed by atoms with Crippen LogP contribution in [0.25, 0.3) is 0 Å². The molecule has 3 aromatic rings. The van der Waals surface area contributed by atoms with Gasteiger partial charge < -0.3 is 26.6 Å². The van der Waals surface area contributed by atoms with Crippen LogP contribution in [-0.4, -0.2) is 68.3 Å². The first-order valence-electron chi connectivity index (χ1n) is 12.4. The Kier molecular flexibility index (Phi) is 11.0. The van der Waals surface area contributed by atoms with Gasteiger partial charge >= 0.3 is 25.7 Å². The van der Waals surface area contributed by atoms with Gasteiger partial charge in [0.15, 0.2) is 0 Å². The highest BCUT2D eigenvalue weighted by atomic mass is 28.4. The van der Waals surface area contributed by atoms with Crippen molar-refractivity contribution in [1.29, 1.82) is 0 Å². The van der Waals surface area contributed by atoms with E-state index >= 15 is 0 Å². The fraction of sp³-hybridized carbons (Fsp3) is 0.357. The highest BCUT2D eigenvalue weighted by molar-refractivity contribution is 6.84. The Morgan fingerprint density at radius 2 is 0.622 bits per heavy atom. The molecule has 0 aromatic heterocycles. The van der Waals surface area contributed by atoms with Gasteiger partial charge in [-0.2, -0.15) is 0 Å². The van der Waals surface area contributed by atoms with E-state index in [0.29, 0.717) is 18.1 Å². The van der Waals surface area contributed by atoms with Gasteiger partial charge in [-0.05, 0) is 39.6 Å². The zero-order valence-corrected chi connectivity index (χ0v) is 25.8. The molecule has 0 spiro atoms.